The molecular weight excluding hydrogens is 270 g/mol. The molecule has 4 nitrogen and oxygen atoms in total. The van der Waals surface area contributed by atoms with Crippen LogP contribution in [0.4, 0.5) is 11.4 Å². The van der Waals surface area contributed by atoms with Crippen molar-refractivity contribution in [3.05, 3.63) is 45.6 Å². The number of nitrogens with two attached hydrogens (primary N) is 2. The average molecular weight is 289 g/mol. The fourth-order valence-electron chi connectivity index (χ4n) is 2.09. The summed E-state index contributed by atoms with van der Waals surface area (Å²) in [5.74, 6) is -0.507. The number of nitrogen functional groups attached to an aromatic ring is 1. The minimum Gasteiger partial charge on any atom is -0.398 e. The smallest absolute Gasteiger partial charge is 0.250 e. The molecule has 1 atom stereocenters. The number of rotatable bonds is 5. The Morgan fingerprint density at radius 2 is 2.10 bits per heavy atom. The molecule has 1 aromatic heterocycles. The zero-order valence-electron chi connectivity index (χ0n) is 11.6. The molecular formula is C15H19N3OS. The van der Waals surface area contributed by atoms with Crippen molar-refractivity contribution >= 4 is 28.6 Å². The lowest BCUT2D eigenvalue weighted by Gasteiger charge is -2.15. The molecule has 0 aliphatic heterocycles. The van der Waals surface area contributed by atoms with Gasteiger partial charge in [0.1, 0.15) is 0 Å². The second kappa shape index (κ2) is 5.96. The van der Waals surface area contributed by atoms with Crippen LogP contribution in [0.5, 0.6) is 0 Å². The van der Waals surface area contributed by atoms with Gasteiger partial charge in [-0.3, -0.25) is 4.79 Å². The standard InChI is InChI=1S/C15H19N3OS/c1-9(7-12-5-3-10(2)20-12)18-11-4-6-14(16)13(8-11)15(17)19/h3-6,8-9,18H,7,16H2,1-2H3,(H2,17,19). The van der Waals surface area contributed by atoms with Crippen molar-refractivity contribution in [2.45, 2.75) is 26.3 Å². The topological polar surface area (TPSA) is 81.1 Å². The molecule has 1 unspecified atom stereocenters. The van der Waals surface area contributed by atoms with Crippen molar-refractivity contribution in [2.24, 2.45) is 5.73 Å². The third-order valence-corrected chi connectivity index (χ3v) is 4.06. The van der Waals surface area contributed by atoms with Gasteiger partial charge in [0.2, 0.25) is 0 Å². The Labute approximate surface area is 122 Å². The van der Waals surface area contributed by atoms with Crippen LogP contribution in [0.3, 0.4) is 0 Å². The van der Waals surface area contributed by atoms with Crippen LogP contribution in [0.25, 0.3) is 0 Å². The van der Waals surface area contributed by atoms with Gasteiger partial charge in [0.15, 0.2) is 0 Å². The molecule has 5 N–H and O–H groups in total. The van der Waals surface area contributed by atoms with E-state index in [1.165, 1.54) is 9.75 Å². The number of thiophene rings is 1. The van der Waals surface area contributed by atoms with Gasteiger partial charge in [-0.2, -0.15) is 0 Å². The molecule has 0 bridgehead atoms. The summed E-state index contributed by atoms with van der Waals surface area (Å²) in [5, 5.41) is 3.37. The van der Waals surface area contributed by atoms with Gasteiger partial charge in [0.25, 0.3) is 5.91 Å². The van der Waals surface area contributed by atoms with Crippen LogP contribution in [0.2, 0.25) is 0 Å². The van der Waals surface area contributed by atoms with E-state index in [1.54, 1.807) is 23.5 Å². The third kappa shape index (κ3) is 3.51. The molecule has 106 valence electrons. The number of hydrogen-bond donors (Lipinski definition) is 3. The zero-order chi connectivity index (χ0) is 14.7. The van der Waals surface area contributed by atoms with Crippen molar-refractivity contribution < 1.29 is 4.79 Å². The maximum atomic E-state index is 11.3. The van der Waals surface area contributed by atoms with Crippen LogP contribution in [0.1, 0.15) is 27.0 Å². The van der Waals surface area contributed by atoms with Crippen molar-refractivity contribution in [3.8, 4) is 0 Å². The number of primary amides is 1. The van der Waals surface area contributed by atoms with Gasteiger partial charge in [-0.05, 0) is 44.2 Å². The van der Waals surface area contributed by atoms with Crippen LogP contribution < -0.4 is 16.8 Å². The number of carbonyl (C=O) groups excluding carboxylic acids is 1. The first-order chi connectivity index (χ1) is 9.45. The Morgan fingerprint density at radius 1 is 1.35 bits per heavy atom. The number of aryl methyl sites for hydroxylation is 1. The van der Waals surface area contributed by atoms with E-state index in [0.717, 1.165) is 12.1 Å². The molecule has 0 aliphatic rings. The van der Waals surface area contributed by atoms with Gasteiger partial charge < -0.3 is 16.8 Å². The Hall–Kier alpha value is -2.01. The van der Waals surface area contributed by atoms with Gasteiger partial charge in [0, 0.05) is 33.6 Å². The highest BCUT2D eigenvalue weighted by atomic mass is 32.1. The molecule has 0 saturated heterocycles. The van der Waals surface area contributed by atoms with Crippen LogP contribution in [-0.2, 0) is 6.42 Å². The summed E-state index contributed by atoms with van der Waals surface area (Å²) < 4.78 is 0. The maximum Gasteiger partial charge on any atom is 0.250 e. The number of carbonyl (C=O) groups is 1. The van der Waals surface area contributed by atoms with E-state index in [-0.39, 0.29) is 6.04 Å². The lowest BCUT2D eigenvalue weighted by Crippen LogP contribution is -2.19. The van der Waals surface area contributed by atoms with E-state index >= 15 is 0 Å². The highest BCUT2D eigenvalue weighted by molar-refractivity contribution is 7.11. The molecule has 0 saturated carbocycles. The van der Waals surface area contributed by atoms with Gasteiger partial charge in [-0.25, -0.2) is 0 Å². The number of benzene rings is 1. The van der Waals surface area contributed by atoms with E-state index in [1.807, 2.05) is 6.07 Å². The second-order valence-corrected chi connectivity index (χ2v) is 6.30. The minimum atomic E-state index is -0.507. The lowest BCUT2D eigenvalue weighted by atomic mass is 10.1. The molecule has 2 rings (SSSR count). The molecule has 0 radical (unpaired) electrons. The molecule has 0 spiro atoms. The number of nitrogens with one attached hydrogen (secondary N) is 1. The molecule has 20 heavy (non-hydrogen) atoms. The van der Waals surface area contributed by atoms with Crippen LogP contribution in [0, 0.1) is 6.92 Å². The van der Waals surface area contributed by atoms with Crippen molar-refractivity contribution in [1.82, 2.24) is 0 Å². The van der Waals surface area contributed by atoms with Crippen LogP contribution in [-0.4, -0.2) is 11.9 Å². The fourth-order valence-corrected chi connectivity index (χ4v) is 3.11. The molecule has 2 aromatic rings. The SMILES string of the molecule is Cc1ccc(CC(C)Nc2ccc(N)c(C(N)=O)c2)s1. The average Bonchev–Trinajstić information content (AvgIpc) is 2.76. The van der Waals surface area contributed by atoms with Gasteiger partial charge in [-0.15, -0.1) is 11.3 Å². The molecule has 0 aliphatic carbocycles. The number of anilines is 2. The van der Waals surface area contributed by atoms with Gasteiger partial charge >= 0.3 is 0 Å². The van der Waals surface area contributed by atoms with Crippen molar-refractivity contribution in [2.75, 3.05) is 11.1 Å². The molecule has 1 aromatic carbocycles. The molecule has 0 fully saturated rings. The van der Waals surface area contributed by atoms with E-state index in [4.69, 9.17) is 11.5 Å². The predicted molar refractivity (Wildman–Crippen MR) is 85.2 cm³/mol. The van der Waals surface area contributed by atoms with Gasteiger partial charge in [-0.1, -0.05) is 0 Å². The lowest BCUT2D eigenvalue weighted by molar-refractivity contribution is 0.100. The van der Waals surface area contributed by atoms with E-state index in [0.29, 0.717) is 11.3 Å². The first-order valence-electron chi connectivity index (χ1n) is 6.47. The van der Waals surface area contributed by atoms with E-state index in [2.05, 4.69) is 31.3 Å². The van der Waals surface area contributed by atoms with E-state index < -0.39 is 5.91 Å². The van der Waals surface area contributed by atoms with E-state index in [9.17, 15) is 4.79 Å². The Morgan fingerprint density at radius 3 is 2.70 bits per heavy atom. The predicted octanol–water partition coefficient (Wildman–Crippen LogP) is 2.78. The summed E-state index contributed by atoms with van der Waals surface area (Å²) in [5.41, 5.74) is 12.6. The Bertz CT molecular complexity index is 621. The first-order valence-corrected chi connectivity index (χ1v) is 7.28. The van der Waals surface area contributed by atoms with Crippen LogP contribution >= 0.6 is 11.3 Å². The van der Waals surface area contributed by atoms with Crippen molar-refractivity contribution in [3.63, 3.8) is 0 Å². The molecule has 1 amide bonds. The maximum absolute atomic E-state index is 11.3. The molecule has 5 heteroatoms. The summed E-state index contributed by atoms with van der Waals surface area (Å²) in [6, 6.07) is 9.80. The number of amides is 1. The number of hydrogen-bond acceptors (Lipinski definition) is 4. The summed E-state index contributed by atoms with van der Waals surface area (Å²) in [6.07, 6.45) is 0.939. The highest BCUT2D eigenvalue weighted by Crippen LogP contribution is 2.21. The Balaban J connectivity index is 2.06. The summed E-state index contributed by atoms with van der Waals surface area (Å²) >= 11 is 1.80. The van der Waals surface area contributed by atoms with Gasteiger partial charge in [0.05, 0.1) is 5.56 Å². The second-order valence-electron chi connectivity index (χ2n) is 4.93. The summed E-state index contributed by atoms with van der Waals surface area (Å²) in [6.45, 7) is 4.21. The quantitative estimate of drug-likeness (QED) is 0.740. The minimum absolute atomic E-state index is 0.261. The third-order valence-electron chi connectivity index (χ3n) is 3.04. The summed E-state index contributed by atoms with van der Waals surface area (Å²) in [4.78, 5) is 13.9. The highest BCUT2D eigenvalue weighted by Gasteiger charge is 2.09. The summed E-state index contributed by atoms with van der Waals surface area (Å²) in [7, 11) is 0. The normalized spacial score (nSPS) is 12.1. The largest absolute Gasteiger partial charge is 0.398 e. The van der Waals surface area contributed by atoms with Crippen molar-refractivity contribution in [1.29, 1.82) is 0 Å². The monoisotopic (exact) mass is 289 g/mol. The zero-order valence-corrected chi connectivity index (χ0v) is 12.5. The molecule has 1 heterocycles. The Kier molecular flexibility index (Phi) is 4.29. The first kappa shape index (κ1) is 14.4. The van der Waals surface area contributed by atoms with Crippen LogP contribution in [0.15, 0.2) is 30.3 Å². The fraction of sp³-hybridized carbons (Fsp3) is 0.267.